The van der Waals surface area contributed by atoms with Crippen LogP contribution in [0.1, 0.15) is 27.2 Å². The number of esters is 1. The molecule has 2 atom stereocenters. The Balaban J connectivity index is 2.11. The molecule has 1 aliphatic heterocycles. The Morgan fingerprint density at radius 2 is 2.31 bits per heavy atom. The van der Waals surface area contributed by atoms with Crippen LogP contribution < -0.4 is 0 Å². The highest BCUT2D eigenvalue weighted by Gasteiger charge is 2.40. The van der Waals surface area contributed by atoms with Crippen LogP contribution in [0, 0.1) is 5.92 Å². The minimum absolute atomic E-state index is 0.0498. The van der Waals surface area contributed by atoms with Crippen LogP contribution in [0.25, 0.3) is 0 Å². The Bertz CT molecular complexity index is 180. The average Bonchev–Trinajstić information content (AvgIpc) is 2.80. The first-order valence-corrected chi connectivity index (χ1v) is 5.05. The lowest BCUT2D eigenvalue weighted by atomic mass is 10.1. The lowest BCUT2D eigenvalue weighted by Gasteiger charge is -2.05. The summed E-state index contributed by atoms with van der Waals surface area (Å²) in [5.41, 5.74) is 0. The molecule has 2 unspecified atom stereocenters. The largest absolute Gasteiger partial charge is 0.465 e. The van der Waals surface area contributed by atoms with E-state index in [0.29, 0.717) is 12.5 Å². The van der Waals surface area contributed by atoms with Crippen molar-refractivity contribution in [2.24, 2.45) is 5.92 Å². The molecule has 76 valence electrons. The van der Waals surface area contributed by atoms with Gasteiger partial charge in [0.25, 0.3) is 0 Å². The Labute approximate surface area is 80.1 Å². The van der Waals surface area contributed by atoms with Crippen molar-refractivity contribution in [2.75, 3.05) is 19.7 Å². The molecule has 1 fully saturated rings. The molecule has 0 bridgehead atoms. The molecule has 1 saturated heterocycles. The van der Waals surface area contributed by atoms with Gasteiger partial charge in [-0.2, -0.15) is 0 Å². The van der Waals surface area contributed by atoms with E-state index in [4.69, 9.17) is 4.74 Å². The van der Waals surface area contributed by atoms with Crippen LogP contribution in [-0.2, 0) is 9.53 Å². The third kappa shape index (κ3) is 3.35. The number of carbonyl (C=O) groups is 1. The molecule has 0 aromatic rings. The van der Waals surface area contributed by atoms with Crippen molar-refractivity contribution < 1.29 is 9.53 Å². The lowest BCUT2D eigenvalue weighted by Crippen LogP contribution is -2.17. The van der Waals surface area contributed by atoms with Crippen LogP contribution in [0.4, 0.5) is 0 Å². The highest BCUT2D eigenvalue weighted by Crippen LogP contribution is 2.20. The van der Waals surface area contributed by atoms with Crippen molar-refractivity contribution in [2.45, 2.75) is 33.2 Å². The second-order valence-electron chi connectivity index (χ2n) is 3.95. The summed E-state index contributed by atoms with van der Waals surface area (Å²) in [7, 11) is 0. The zero-order valence-corrected chi connectivity index (χ0v) is 8.75. The molecule has 0 aromatic heterocycles. The zero-order chi connectivity index (χ0) is 9.84. The van der Waals surface area contributed by atoms with E-state index >= 15 is 0 Å². The van der Waals surface area contributed by atoms with E-state index in [1.807, 2.05) is 6.92 Å². The molecular weight excluding hydrogens is 166 g/mol. The van der Waals surface area contributed by atoms with Gasteiger partial charge in [-0.25, -0.2) is 0 Å². The van der Waals surface area contributed by atoms with Crippen LogP contribution in [-0.4, -0.2) is 36.6 Å². The van der Waals surface area contributed by atoms with Crippen LogP contribution in [0.5, 0.6) is 0 Å². The maximum atomic E-state index is 11.2. The molecule has 0 spiro atoms. The van der Waals surface area contributed by atoms with Crippen molar-refractivity contribution in [3.8, 4) is 0 Å². The fourth-order valence-corrected chi connectivity index (χ4v) is 1.31. The van der Waals surface area contributed by atoms with E-state index in [9.17, 15) is 4.79 Å². The van der Waals surface area contributed by atoms with Gasteiger partial charge in [-0.15, -0.1) is 0 Å². The molecule has 0 saturated carbocycles. The van der Waals surface area contributed by atoms with E-state index in [2.05, 4.69) is 18.7 Å². The second kappa shape index (κ2) is 4.61. The van der Waals surface area contributed by atoms with Crippen LogP contribution in [0.3, 0.4) is 0 Å². The average molecular weight is 185 g/mol. The first kappa shape index (κ1) is 10.5. The van der Waals surface area contributed by atoms with E-state index in [1.165, 1.54) is 0 Å². The van der Waals surface area contributed by atoms with Gasteiger partial charge in [0.15, 0.2) is 0 Å². The van der Waals surface area contributed by atoms with Crippen molar-refractivity contribution >= 4 is 5.97 Å². The number of rotatable bonds is 5. The molecule has 3 heteroatoms. The third-order valence-corrected chi connectivity index (χ3v) is 2.27. The minimum Gasteiger partial charge on any atom is -0.465 e. The van der Waals surface area contributed by atoms with E-state index < -0.39 is 0 Å². The highest BCUT2D eigenvalue weighted by molar-refractivity contribution is 5.79. The monoisotopic (exact) mass is 185 g/mol. The summed E-state index contributed by atoms with van der Waals surface area (Å²) in [6.45, 7) is 8.66. The van der Waals surface area contributed by atoms with Gasteiger partial charge in [0.1, 0.15) is 6.04 Å². The van der Waals surface area contributed by atoms with Crippen LogP contribution >= 0.6 is 0 Å². The number of hydrogen-bond acceptors (Lipinski definition) is 3. The molecule has 1 heterocycles. The fourth-order valence-electron chi connectivity index (χ4n) is 1.31. The molecule has 0 radical (unpaired) electrons. The Morgan fingerprint density at radius 3 is 2.85 bits per heavy atom. The van der Waals surface area contributed by atoms with Gasteiger partial charge < -0.3 is 4.74 Å². The molecule has 13 heavy (non-hydrogen) atoms. The highest BCUT2D eigenvalue weighted by atomic mass is 16.5. The molecule has 3 nitrogen and oxygen atoms in total. The van der Waals surface area contributed by atoms with Gasteiger partial charge in [-0.3, -0.25) is 9.69 Å². The number of carbonyl (C=O) groups excluding carboxylic acids is 1. The molecule has 0 N–H and O–H groups in total. The van der Waals surface area contributed by atoms with Crippen LogP contribution in [0.2, 0.25) is 0 Å². The van der Waals surface area contributed by atoms with Crippen molar-refractivity contribution in [3.63, 3.8) is 0 Å². The standard InChI is InChI=1S/C10H19NO2/c1-4-13-10(12)9-7-11(9)6-5-8(2)3/h8-9H,4-7H2,1-3H3. The third-order valence-electron chi connectivity index (χ3n) is 2.27. The van der Waals surface area contributed by atoms with Gasteiger partial charge >= 0.3 is 5.97 Å². The maximum absolute atomic E-state index is 11.2. The predicted molar refractivity (Wildman–Crippen MR) is 51.4 cm³/mol. The molecule has 0 aromatic carbocycles. The quantitative estimate of drug-likeness (QED) is 0.477. The second-order valence-corrected chi connectivity index (χ2v) is 3.95. The SMILES string of the molecule is CCOC(=O)C1CN1CCC(C)C. The van der Waals surface area contributed by atoms with E-state index in [-0.39, 0.29) is 12.0 Å². The van der Waals surface area contributed by atoms with Crippen molar-refractivity contribution in [1.82, 2.24) is 4.90 Å². The van der Waals surface area contributed by atoms with Crippen LogP contribution in [0.15, 0.2) is 0 Å². The molecule has 0 amide bonds. The number of nitrogens with zero attached hydrogens (tertiary/aromatic N) is 1. The Kier molecular flexibility index (Phi) is 3.72. The van der Waals surface area contributed by atoms with Gasteiger partial charge in [-0.05, 0) is 25.8 Å². The van der Waals surface area contributed by atoms with Crippen molar-refractivity contribution in [3.05, 3.63) is 0 Å². The fraction of sp³-hybridized carbons (Fsp3) is 0.900. The van der Waals surface area contributed by atoms with E-state index in [0.717, 1.165) is 19.5 Å². The Hall–Kier alpha value is -0.570. The van der Waals surface area contributed by atoms with Gasteiger partial charge in [0.2, 0.25) is 0 Å². The molecule has 0 aliphatic carbocycles. The number of hydrogen-bond donors (Lipinski definition) is 0. The van der Waals surface area contributed by atoms with E-state index in [1.54, 1.807) is 0 Å². The normalized spacial score (nSPS) is 26.2. The lowest BCUT2D eigenvalue weighted by molar-refractivity contribution is -0.143. The summed E-state index contributed by atoms with van der Waals surface area (Å²) in [4.78, 5) is 13.4. The van der Waals surface area contributed by atoms with Gasteiger partial charge in [0, 0.05) is 6.54 Å². The zero-order valence-electron chi connectivity index (χ0n) is 8.75. The molecule has 1 rings (SSSR count). The topological polar surface area (TPSA) is 29.3 Å². The Morgan fingerprint density at radius 1 is 1.62 bits per heavy atom. The smallest absolute Gasteiger partial charge is 0.324 e. The molecule has 1 aliphatic rings. The molecular formula is C10H19NO2. The first-order valence-electron chi connectivity index (χ1n) is 5.05. The maximum Gasteiger partial charge on any atom is 0.324 e. The summed E-state index contributed by atoms with van der Waals surface area (Å²) in [5.74, 6) is 0.662. The summed E-state index contributed by atoms with van der Waals surface area (Å²) in [5, 5.41) is 0. The minimum atomic E-state index is -0.0498. The number of ether oxygens (including phenoxy) is 1. The summed E-state index contributed by atoms with van der Waals surface area (Å²) in [6.07, 6.45) is 1.16. The summed E-state index contributed by atoms with van der Waals surface area (Å²) >= 11 is 0. The van der Waals surface area contributed by atoms with Crippen molar-refractivity contribution in [1.29, 1.82) is 0 Å². The summed E-state index contributed by atoms with van der Waals surface area (Å²) in [6, 6.07) is 0.0682. The summed E-state index contributed by atoms with van der Waals surface area (Å²) < 4.78 is 4.92. The predicted octanol–water partition coefficient (Wildman–Crippen LogP) is 1.28. The van der Waals surface area contributed by atoms with Gasteiger partial charge in [0.05, 0.1) is 6.61 Å². The first-order chi connectivity index (χ1) is 6.15. The van der Waals surface area contributed by atoms with Gasteiger partial charge in [-0.1, -0.05) is 13.8 Å².